The van der Waals surface area contributed by atoms with Crippen molar-refractivity contribution in [2.45, 2.75) is 13.5 Å². The number of rotatable bonds is 3. The first-order valence-corrected chi connectivity index (χ1v) is 5.42. The van der Waals surface area contributed by atoms with Crippen LogP contribution < -0.4 is 5.32 Å². The second-order valence-electron chi connectivity index (χ2n) is 3.13. The number of nitrogens with zero attached hydrogens (tertiary/aromatic N) is 1. The minimum atomic E-state index is 0.841. The smallest absolute Gasteiger partial charge is 0.183 e. The lowest BCUT2D eigenvalue weighted by Crippen LogP contribution is -1.98. The standard InChI is InChI=1S/C11H12N2S/c1-9-8-14-11(13-9)12-7-10-5-3-2-4-6-10/h2-6,8H,7H2,1H3,(H,12,13). The molecule has 3 heteroatoms. The number of aryl methyl sites for hydroxylation is 1. The van der Waals surface area contributed by atoms with Crippen molar-refractivity contribution in [2.75, 3.05) is 5.32 Å². The molecule has 0 atom stereocenters. The molecule has 1 N–H and O–H groups in total. The molecule has 1 aromatic carbocycles. The van der Waals surface area contributed by atoms with Crippen LogP contribution in [0.3, 0.4) is 0 Å². The molecule has 2 nitrogen and oxygen atoms in total. The Morgan fingerprint density at radius 2 is 2.07 bits per heavy atom. The number of hydrogen-bond donors (Lipinski definition) is 1. The molecule has 72 valence electrons. The summed E-state index contributed by atoms with van der Waals surface area (Å²) in [5.74, 6) is 0. The number of hydrogen-bond acceptors (Lipinski definition) is 3. The van der Waals surface area contributed by atoms with Gasteiger partial charge in [-0.15, -0.1) is 11.3 Å². The molecular weight excluding hydrogens is 192 g/mol. The van der Waals surface area contributed by atoms with Crippen molar-refractivity contribution in [3.8, 4) is 0 Å². The van der Waals surface area contributed by atoms with E-state index in [0.717, 1.165) is 17.4 Å². The lowest BCUT2D eigenvalue weighted by molar-refractivity contribution is 1.12. The van der Waals surface area contributed by atoms with Crippen molar-refractivity contribution in [1.82, 2.24) is 4.98 Å². The fourth-order valence-corrected chi connectivity index (χ4v) is 1.90. The fourth-order valence-electron chi connectivity index (χ4n) is 1.21. The molecule has 2 rings (SSSR count). The SMILES string of the molecule is Cc1csc(NCc2ccccc2)n1. The molecule has 0 radical (unpaired) electrons. The molecule has 0 amide bonds. The molecule has 0 aliphatic heterocycles. The monoisotopic (exact) mass is 204 g/mol. The fraction of sp³-hybridized carbons (Fsp3) is 0.182. The average Bonchev–Trinajstić information content (AvgIpc) is 2.63. The molecule has 0 aliphatic rings. The van der Waals surface area contributed by atoms with Crippen molar-refractivity contribution in [2.24, 2.45) is 0 Å². The molecule has 14 heavy (non-hydrogen) atoms. The number of anilines is 1. The van der Waals surface area contributed by atoms with Gasteiger partial charge in [-0.05, 0) is 12.5 Å². The van der Waals surface area contributed by atoms with Gasteiger partial charge in [0.2, 0.25) is 0 Å². The van der Waals surface area contributed by atoms with Crippen LogP contribution in [0, 0.1) is 6.92 Å². The van der Waals surface area contributed by atoms with Gasteiger partial charge in [0.15, 0.2) is 5.13 Å². The van der Waals surface area contributed by atoms with E-state index in [-0.39, 0.29) is 0 Å². The first-order valence-electron chi connectivity index (χ1n) is 4.54. The van der Waals surface area contributed by atoms with Gasteiger partial charge in [0.1, 0.15) is 0 Å². The molecule has 0 bridgehead atoms. The average molecular weight is 204 g/mol. The summed E-state index contributed by atoms with van der Waals surface area (Å²) in [5, 5.41) is 6.33. The zero-order chi connectivity index (χ0) is 9.80. The second-order valence-corrected chi connectivity index (χ2v) is 3.99. The molecular formula is C11H12N2S. The zero-order valence-corrected chi connectivity index (χ0v) is 8.84. The molecule has 0 aliphatic carbocycles. The molecule has 1 heterocycles. The first kappa shape index (κ1) is 9.21. The van der Waals surface area contributed by atoms with Gasteiger partial charge >= 0.3 is 0 Å². The van der Waals surface area contributed by atoms with Crippen molar-refractivity contribution < 1.29 is 0 Å². The molecule has 2 aromatic rings. The van der Waals surface area contributed by atoms with E-state index in [1.54, 1.807) is 11.3 Å². The van der Waals surface area contributed by atoms with Crippen LogP contribution in [0.5, 0.6) is 0 Å². The first-order chi connectivity index (χ1) is 6.84. The summed E-state index contributed by atoms with van der Waals surface area (Å²) in [6.07, 6.45) is 0. The molecule has 0 saturated carbocycles. The van der Waals surface area contributed by atoms with Crippen LogP contribution in [0.15, 0.2) is 35.7 Å². The Morgan fingerprint density at radius 3 is 2.71 bits per heavy atom. The van der Waals surface area contributed by atoms with E-state index in [1.807, 2.05) is 30.5 Å². The summed E-state index contributed by atoms with van der Waals surface area (Å²) in [5.41, 5.74) is 2.35. The Kier molecular flexibility index (Phi) is 2.79. The number of benzene rings is 1. The Morgan fingerprint density at radius 1 is 1.29 bits per heavy atom. The highest BCUT2D eigenvalue weighted by Gasteiger charge is 1.96. The van der Waals surface area contributed by atoms with Gasteiger partial charge in [0.05, 0.1) is 5.69 Å². The summed E-state index contributed by atoms with van der Waals surface area (Å²) in [6, 6.07) is 10.3. The van der Waals surface area contributed by atoms with Crippen LogP contribution in [0.2, 0.25) is 0 Å². The third kappa shape index (κ3) is 2.33. The van der Waals surface area contributed by atoms with Gasteiger partial charge in [0.25, 0.3) is 0 Å². The van der Waals surface area contributed by atoms with E-state index < -0.39 is 0 Å². The maximum absolute atomic E-state index is 4.33. The van der Waals surface area contributed by atoms with Crippen molar-refractivity contribution >= 4 is 16.5 Å². The lowest BCUT2D eigenvalue weighted by Gasteiger charge is -2.01. The number of thiazole rings is 1. The Hall–Kier alpha value is -1.35. The topological polar surface area (TPSA) is 24.9 Å². The number of nitrogens with one attached hydrogen (secondary N) is 1. The predicted octanol–water partition coefficient (Wildman–Crippen LogP) is 3.06. The van der Waals surface area contributed by atoms with Gasteiger partial charge < -0.3 is 5.32 Å². The molecule has 0 unspecified atom stereocenters. The quantitative estimate of drug-likeness (QED) is 0.831. The molecule has 0 spiro atoms. The summed E-state index contributed by atoms with van der Waals surface area (Å²) in [6.45, 7) is 2.85. The predicted molar refractivity (Wildman–Crippen MR) is 60.6 cm³/mol. The Labute approximate surface area is 87.6 Å². The van der Waals surface area contributed by atoms with Crippen LogP contribution in [0.4, 0.5) is 5.13 Å². The van der Waals surface area contributed by atoms with E-state index >= 15 is 0 Å². The van der Waals surface area contributed by atoms with E-state index in [1.165, 1.54) is 5.56 Å². The second kappa shape index (κ2) is 4.24. The third-order valence-corrected chi connectivity index (χ3v) is 2.82. The molecule has 1 aromatic heterocycles. The van der Waals surface area contributed by atoms with Crippen LogP contribution in [0.25, 0.3) is 0 Å². The minimum absolute atomic E-state index is 0.841. The van der Waals surface area contributed by atoms with Crippen molar-refractivity contribution in [1.29, 1.82) is 0 Å². The van der Waals surface area contributed by atoms with Crippen LogP contribution in [-0.4, -0.2) is 4.98 Å². The summed E-state index contributed by atoms with van der Waals surface area (Å²) in [7, 11) is 0. The van der Waals surface area contributed by atoms with E-state index in [0.29, 0.717) is 0 Å². The van der Waals surface area contributed by atoms with Gasteiger partial charge in [-0.2, -0.15) is 0 Å². The third-order valence-electron chi connectivity index (χ3n) is 1.91. The highest BCUT2D eigenvalue weighted by atomic mass is 32.1. The van der Waals surface area contributed by atoms with Crippen molar-refractivity contribution in [3.63, 3.8) is 0 Å². The van der Waals surface area contributed by atoms with Gasteiger partial charge in [-0.1, -0.05) is 30.3 Å². The van der Waals surface area contributed by atoms with E-state index in [9.17, 15) is 0 Å². The van der Waals surface area contributed by atoms with Crippen LogP contribution >= 0.6 is 11.3 Å². The van der Waals surface area contributed by atoms with Crippen molar-refractivity contribution in [3.05, 3.63) is 47.0 Å². The molecule has 0 fully saturated rings. The summed E-state index contributed by atoms with van der Waals surface area (Å²) < 4.78 is 0. The van der Waals surface area contributed by atoms with Gasteiger partial charge in [-0.3, -0.25) is 0 Å². The highest BCUT2D eigenvalue weighted by molar-refractivity contribution is 7.13. The largest absolute Gasteiger partial charge is 0.357 e. The lowest BCUT2D eigenvalue weighted by atomic mass is 10.2. The van der Waals surface area contributed by atoms with Crippen LogP contribution in [-0.2, 0) is 6.54 Å². The van der Waals surface area contributed by atoms with E-state index in [4.69, 9.17) is 0 Å². The Bertz CT molecular complexity index is 395. The van der Waals surface area contributed by atoms with Gasteiger partial charge in [-0.25, -0.2) is 4.98 Å². The van der Waals surface area contributed by atoms with Crippen LogP contribution in [0.1, 0.15) is 11.3 Å². The molecule has 0 saturated heterocycles. The number of aromatic nitrogens is 1. The normalized spacial score (nSPS) is 10.1. The maximum atomic E-state index is 4.33. The van der Waals surface area contributed by atoms with E-state index in [2.05, 4.69) is 22.4 Å². The van der Waals surface area contributed by atoms with Gasteiger partial charge in [0, 0.05) is 11.9 Å². The minimum Gasteiger partial charge on any atom is -0.357 e. The highest BCUT2D eigenvalue weighted by Crippen LogP contribution is 2.15. The summed E-state index contributed by atoms with van der Waals surface area (Å²) >= 11 is 1.65. The zero-order valence-electron chi connectivity index (χ0n) is 8.03. The maximum Gasteiger partial charge on any atom is 0.183 e. The Balaban J connectivity index is 1.95. The summed E-state index contributed by atoms with van der Waals surface area (Å²) in [4.78, 5) is 4.33.